The number of ether oxygens (including phenoxy) is 1. The average Bonchev–Trinajstić information content (AvgIpc) is 2.74. The fourth-order valence-corrected chi connectivity index (χ4v) is 3.22. The highest BCUT2D eigenvalue weighted by Gasteiger charge is 2.20. The summed E-state index contributed by atoms with van der Waals surface area (Å²) >= 11 is 4.82. The molecule has 0 aliphatic carbocycles. The van der Waals surface area contributed by atoms with E-state index in [2.05, 4.69) is 35.1 Å². The molecule has 0 unspecified atom stereocenters. The van der Waals surface area contributed by atoms with Crippen LogP contribution >= 0.6 is 27.3 Å². The van der Waals surface area contributed by atoms with Crippen LogP contribution in [0.3, 0.4) is 0 Å². The van der Waals surface area contributed by atoms with Crippen molar-refractivity contribution in [1.29, 1.82) is 0 Å². The fourth-order valence-electron chi connectivity index (χ4n) is 1.37. The Labute approximate surface area is 115 Å². The zero-order valence-corrected chi connectivity index (χ0v) is 12.8. The number of halogens is 1. The predicted octanol–water partition coefficient (Wildman–Crippen LogP) is 3.30. The Kier molecular flexibility index (Phi) is 5.46. The van der Waals surface area contributed by atoms with Crippen molar-refractivity contribution >= 4 is 33.2 Å². The lowest BCUT2D eigenvalue weighted by atomic mass is 9.90. The highest BCUT2D eigenvalue weighted by atomic mass is 79.9. The molecule has 1 N–H and O–H groups in total. The van der Waals surface area contributed by atoms with Crippen LogP contribution in [0.15, 0.2) is 11.4 Å². The summed E-state index contributed by atoms with van der Waals surface area (Å²) in [6.07, 6.45) is 1.02. The van der Waals surface area contributed by atoms with E-state index < -0.39 is 0 Å². The van der Waals surface area contributed by atoms with Gasteiger partial charge in [-0.3, -0.25) is 4.79 Å². The van der Waals surface area contributed by atoms with Crippen LogP contribution in [-0.4, -0.2) is 24.9 Å². The molecule has 0 fully saturated rings. The first-order valence-corrected chi connectivity index (χ1v) is 7.46. The Hall–Kier alpha value is -0.550. The second kappa shape index (κ2) is 6.40. The molecule has 0 aromatic carbocycles. The van der Waals surface area contributed by atoms with Crippen LogP contribution in [0, 0.1) is 5.41 Å². The van der Waals surface area contributed by atoms with Crippen LogP contribution in [0.5, 0.6) is 5.75 Å². The molecule has 0 aliphatic heterocycles. The Morgan fingerprint density at radius 2 is 2.29 bits per heavy atom. The van der Waals surface area contributed by atoms with Gasteiger partial charge < -0.3 is 10.1 Å². The van der Waals surface area contributed by atoms with Gasteiger partial charge in [0.1, 0.15) is 10.6 Å². The number of nitrogens with one attached hydrogen (secondary N) is 1. The number of amides is 1. The van der Waals surface area contributed by atoms with Gasteiger partial charge in [0, 0.05) is 11.9 Å². The normalized spacial score (nSPS) is 11.3. The van der Waals surface area contributed by atoms with Crippen molar-refractivity contribution < 1.29 is 9.53 Å². The van der Waals surface area contributed by atoms with Gasteiger partial charge in [-0.25, -0.2) is 0 Å². The summed E-state index contributed by atoms with van der Waals surface area (Å²) in [5.74, 6) is 0.588. The van der Waals surface area contributed by atoms with Gasteiger partial charge in [-0.2, -0.15) is 0 Å². The minimum atomic E-state index is -0.0560. The molecule has 1 aromatic rings. The Balaban J connectivity index is 2.56. The van der Waals surface area contributed by atoms with Crippen molar-refractivity contribution in [1.82, 2.24) is 5.32 Å². The molecular weight excluding hydrogens is 302 g/mol. The van der Waals surface area contributed by atoms with E-state index in [0.29, 0.717) is 17.2 Å². The standard InChI is InChI=1S/C12H18BrNO2S/c1-12(2,5-6-13)8-14-11(15)10-9(16-3)4-7-17-10/h4,7H,5-6,8H2,1-3H3,(H,14,15). The van der Waals surface area contributed by atoms with E-state index >= 15 is 0 Å². The first kappa shape index (κ1) is 14.5. The second-order valence-electron chi connectivity index (χ2n) is 4.60. The summed E-state index contributed by atoms with van der Waals surface area (Å²) in [5, 5.41) is 5.76. The minimum absolute atomic E-state index is 0.0560. The molecule has 5 heteroatoms. The van der Waals surface area contributed by atoms with E-state index in [-0.39, 0.29) is 11.3 Å². The van der Waals surface area contributed by atoms with Crippen molar-refractivity contribution in [2.45, 2.75) is 20.3 Å². The first-order valence-electron chi connectivity index (χ1n) is 5.46. The van der Waals surface area contributed by atoms with Gasteiger partial charge >= 0.3 is 0 Å². The van der Waals surface area contributed by atoms with Gasteiger partial charge in [-0.1, -0.05) is 29.8 Å². The quantitative estimate of drug-likeness (QED) is 0.817. The van der Waals surface area contributed by atoms with Gasteiger partial charge in [0.15, 0.2) is 0 Å². The summed E-state index contributed by atoms with van der Waals surface area (Å²) in [4.78, 5) is 12.6. The van der Waals surface area contributed by atoms with Crippen LogP contribution in [0.25, 0.3) is 0 Å². The third-order valence-electron chi connectivity index (χ3n) is 2.55. The largest absolute Gasteiger partial charge is 0.495 e. The van der Waals surface area contributed by atoms with E-state index in [4.69, 9.17) is 4.74 Å². The van der Waals surface area contributed by atoms with Crippen molar-refractivity contribution in [2.75, 3.05) is 19.0 Å². The molecule has 0 bridgehead atoms. The molecule has 0 saturated heterocycles. The van der Waals surface area contributed by atoms with Gasteiger partial charge in [-0.15, -0.1) is 11.3 Å². The van der Waals surface area contributed by atoms with Crippen molar-refractivity contribution in [3.8, 4) is 5.75 Å². The molecular formula is C12H18BrNO2S. The molecule has 1 aromatic heterocycles. The third kappa shape index (κ3) is 4.32. The monoisotopic (exact) mass is 319 g/mol. The van der Waals surface area contributed by atoms with E-state index in [1.807, 2.05) is 11.4 Å². The summed E-state index contributed by atoms with van der Waals surface area (Å²) in [6, 6.07) is 1.81. The van der Waals surface area contributed by atoms with Crippen molar-refractivity contribution in [3.63, 3.8) is 0 Å². The average molecular weight is 320 g/mol. The molecule has 1 heterocycles. The number of hydrogen-bond donors (Lipinski definition) is 1. The maximum Gasteiger partial charge on any atom is 0.265 e. The summed E-state index contributed by atoms with van der Waals surface area (Å²) < 4.78 is 5.13. The predicted molar refractivity (Wildman–Crippen MR) is 75.4 cm³/mol. The summed E-state index contributed by atoms with van der Waals surface area (Å²) in [5.41, 5.74) is 0.101. The lowest BCUT2D eigenvalue weighted by Crippen LogP contribution is -2.34. The minimum Gasteiger partial charge on any atom is -0.495 e. The van der Waals surface area contributed by atoms with E-state index in [1.165, 1.54) is 11.3 Å². The molecule has 0 aliphatic rings. The van der Waals surface area contributed by atoms with Crippen LogP contribution in [0.1, 0.15) is 29.9 Å². The van der Waals surface area contributed by atoms with Crippen LogP contribution < -0.4 is 10.1 Å². The Bertz CT molecular complexity index is 376. The van der Waals surface area contributed by atoms with Gasteiger partial charge in [0.05, 0.1) is 7.11 Å². The highest BCUT2D eigenvalue weighted by Crippen LogP contribution is 2.25. The second-order valence-corrected chi connectivity index (χ2v) is 6.31. The highest BCUT2D eigenvalue weighted by molar-refractivity contribution is 9.09. The number of carbonyl (C=O) groups is 1. The van der Waals surface area contributed by atoms with Crippen molar-refractivity contribution in [3.05, 3.63) is 16.3 Å². The van der Waals surface area contributed by atoms with E-state index in [1.54, 1.807) is 7.11 Å². The number of alkyl halides is 1. The molecule has 17 heavy (non-hydrogen) atoms. The summed E-state index contributed by atoms with van der Waals surface area (Å²) in [7, 11) is 1.58. The topological polar surface area (TPSA) is 38.3 Å². The van der Waals surface area contributed by atoms with Crippen LogP contribution in [0.2, 0.25) is 0 Å². The molecule has 1 rings (SSSR count). The number of carbonyl (C=O) groups excluding carboxylic acids is 1. The molecule has 0 spiro atoms. The molecule has 0 atom stereocenters. The molecule has 0 radical (unpaired) electrons. The maximum atomic E-state index is 11.9. The maximum absolute atomic E-state index is 11.9. The van der Waals surface area contributed by atoms with Gasteiger partial charge in [0.25, 0.3) is 5.91 Å². The number of methoxy groups -OCH3 is 1. The van der Waals surface area contributed by atoms with Crippen LogP contribution in [-0.2, 0) is 0 Å². The Morgan fingerprint density at radius 3 is 2.88 bits per heavy atom. The molecule has 96 valence electrons. The lowest BCUT2D eigenvalue weighted by Gasteiger charge is -2.23. The SMILES string of the molecule is COc1ccsc1C(=O)NCC(C)(C)CCBr. The molecule has 3 nitrogen and oxygen atoms in total. The molecule has 0 saturated carbocycles. The van der Waals surface area contributed by atoms with E-state index in [9.17, 15) is 4.79 Å². The van der Waals surface area contributed by atoms with Gasteiger partial charge in [0.2, 0.25) is 0 Å². The summed E-state index contributed by atoms with van der Waals surface area (Å²) in [6.45, 7) is 4.94. The smallest absolute Gasteiger partial charge is 0.265 e. The van der Waals surface area contributed by atoms with E-state index in [0.717, 1.165) is 11.8 Å². The van der Waals surface area contributed by atoms with Gasteiger partial charge in [-0.05, 0) is 23.3 Å². The fraction of sp³-hybridized carbons (Fsp3) is 0.583. The molecule has 1 amide bonds. The number of rotatable bonds is 6. The zero-order valence-electron chi connectivity index (χ0n) is 10.4. The van der Waals surface area contributed by atoms with Crippen molar-refractivity contribution in [2.24, 2.45) is 5.41 Å². The zero-order chi connectivity index (χ0) is 12.9. The lowest BCUT2D eigenvalue weighted by molar-refractivity contribution is 0.0937. The third-order valence-corrected chi connectivity index (χ3v) is 3.84. The first-order chi connectivity index (χ1) is 8.00. The number of hydrogen-bond acceptors (Lipinski definition) is 3. The number of thiophene rings is 1. The van der Waals surface area contributed by atoms with Crippen LogP contribution in [0.4, 0.5) is 0 Å². The Morgan fingerprint density at radius 1 is 1.59 bits per heavy atom.